The van der Waals surface area contributed by atoms with Gasteiger partial charge in [-0.2, -0.15) is 4.31 Å². The number of carboxylic acid groups (broad SMARTS) is 1. The second-order valence-electron chi connectivity index (χ2n) is 13.4. The number of quaternary nitrogens is 1. The molecular weight excluding hydrogens is 729 g/mol. The van der Waals surface area contributed by atoms with Crippen LogP contribution in [0.5, 0.6) is 5.75 Å². The van der Waals surface area contributed by atoms with Gasteiger partial charge in [-0.25, -0.2) is 26.6 Å². The predicted molar refractivity (Wildman–Crippen MR) is 189 cm³/mol. The molecule has 1 aromatic heterocycles. The standard InChI is InChI=1S/C35H40ClF3N4O6S2/c1-35(2,22-8-13-27(36)31(16-22)49-6)32-19-40-34(42(32)24-11-9-23(37)10-12-24)50-21-26-28(38)17-25(18-29(26)39)51(47,48)41(30(20-44)33(45)46)14-7-15-43(3,4)5/h8-13,16-19,30,44H,7,14-15,20-21H2,1-6H3/p+1. The number of carboxylic acids is 1. The number of carbonyl (C=O) groups is 1. The summed E-state index contributed by atoms with van der Waals surface area (Å²) in [5, 5.41) is 20.2. The molecule has 4 aromatic rings. The van der Waals surface area contributed by atoms with Gasteiger partial charge >= 0.3 is 5.97 Å². The maximum atomic E-state index is 15.6. The molecule has 51 heavy (non-hydrogen) atoms. The minimum absolute atomic E-state index is 0.220. The summed E-state index contributed by atoms with van der Waals surface area (Å²) in [6.07, 6.45) is 1.83. The molecule has 0 saturated carbocycles. The van der Waals surface area contributed by atoms with Crippen LogP contribution in [0.3, 0.4) is 0 Å². The number of methoxy groups -OCH3 is 1. The summed E-state index contributed by atoms with van der Waals surface area (Å²) in [4.78, 5) is 15.7. The topological polar surface area (TPSA) is 122 Å². The van der Waals surface area contributed by atoms with Crippen molar-refractivity contribution in [2.75, 3.05) is 47.9 Å². The molecule has 0 amide bonds. The van der Waals surface area contributed by atoms with E-state index in [0.717, 1.165) is 17.3 Å². The van der Waals surface area contributed by atoms with Crippen LogP contribution < -0.4 is 4.74 Å². The molecule has 1 unspecified atom stereocenters. The lowest BCUT2D eigenvalue weighted by molar-refractivity contribution is -0.870. The molecule has 10 nitrogen and oxygen atoms in total. The molecule has 0 aliphatic carbocycles. The molecule has 0 aliphatic rings. The fraction of sp³-hybridized carbons (Fsp3) is 0.371. The van der Waals surface area contributed by atoms with Gasteiger partial charge in [0.25, 0.3) is 0 Å². The lowest BCUT2D eigenvalue weighted by Gasteiger charge is -2.29. The third-order valence-corrected chi connectivity index (χ3v) is 11.6. The molecule has 0 saturated heterocycles. The molecular formula is C35H41ClF3N4O6S2+. The number of nitrogens with zero attached hydrogens (tertiary/aromatic N) is 4. The number of rotatable bonds is 16. The average molecular weight is 770 g/mol. The lowest BCUT2D eigenvalue weighted by Crippen LogP contribution is -2.48. The van der Waals surface area contributed by atoms with E-state index in [2.05, 4.69) is 4.98 Å². The number of aliphatic carboxylic acids is 1. The van der Waals surface area contributed by atoms with Gasteiger partial charge in [-0.3, -0.25) is 9.36 Å². The number of hydrogen-bond acceptors (Lipinski definition) is 7. The van der Waals surface area contributed by atoms with Crippen LogP contribution in [-0.2, 0) is 26.0 Å². The minimum Gasteiger partial charge on any atom is -0.495 e. The highest BCUT2D eigenvalue weighted by molar-refractivity contribution is 7.98. The number of aromatic nitrogens is 2. The molecule has 4 rings (SSSR count). The van der Waals surface area contributed by atoms with Crippen LogP contribution in [0.1, 0.15) is 37.1 Å². The summed E-state index contributed by atoms with van der Waals surface area (Å²) in [6, 6.07) is 10.4. The Morgan fingerprint density at radius 1 is 1.08 bits per heavy atom. The Balaban J connectivity index is 1.71. The van der Waals surface area contributed by atoms with Crippen molar-refractivity contribution in [2.24, 2.45) is 0 Å². The van der Waals surface area contributed by atoms with Crippen molar-refractivity contribution >= 4 is 39.4 Å². The Kier molecular flexibility index (Phi) is 12.6. The number of aliphatic hydroxyl groups excluding tert-OH is 1. The zero-order valence-corrected chi connectivity index (χ0v) is 31.4. The van der Waals surface area contributed by atoms with Gasteiger partial charge in [0.1, 0.15) is 29.2 Å². The van der Waals surface area contributed by atoms with Gasteiger partial charge in [0, 0.05) is 35.4 Å². The van der Waals surface area contributed by atoms with E-state index in [1.54, 1.807) is 35.0 Å². The molecule has 0 fully saturated rings. The Morgan fingerprint density at radius 3 is 2.25 bits per heavy atom. The van der Waals surface area contributed by atoms with Crippen LogP contribution in [0.2, 0.25) is 5.02 Å². The summed E-state index contributed by atoms with van der Waals surface area (Å²) < 4.78 is 80.7. The van der Waals surface area contributed by atoms with Crippen molar-refractivity contribution in [3.63, 3.8) is 0 Å². The van der Waals surface area contributed by atoms with E-state index in [1.165, 1.54) is 19.2 Å². The summed E-state index contributed by atoms with van der Waals surface area (Å²) in [7, 11) is 2.34. The van der Waals surface area contributed by atoms with E-state index in [9.17, 15) is 27.8 Å². The molecule has 1 atom stereocenters. The number of thioether (sulfide) groups is 1. The second kappa shape index (κ2) is 16.0. The smallest absolute Gasteiger partial charge is 0.324 e. The van der Waals surface area contributed by atoms with Gasteiger partial charge < -0.3 is 19.4 Å². The van der Waals surface area contributed by atoms with Crippen molar-refractivity contribution in [3.8, 4) is 11.4 Å². The molecule has 2 N–H and O–H groups in total. The zero-order chi connectivity index (χ0) is 37.9. The molecule has 276 valence electrons. The quantitative estimate of drug-likeness (QED) is 0.104. The molecule has 0 spiro atoms. The van der Waals surface area contributed by atoms with E-state index in [4.69, 9.17) is 16.3 Å². The summed E-state index contributed by atoms with van der Waals surface area (Å²) in [6.45, 7) is 3.00. The van der Waals surface area contributed by atoms with Gasteiger partial charge in [-0.15, -0.1) is 0 Å². The molecule has 3 aromatic carbocycles. The first-order chi connectivity index (χ1) is 23.8. The largest absolute Gasteiger partial charge is 0.495 e. The van der Waals surface area contributed by atoms with Crippen LogP contribution in [0, 0.1) is 17.5 Å². The van der Waals surface area contributed by atoms with Crippen molar-refractivity contribution in [1.82, 2.24) is 13.9 Å². The van der Waals surface area contributed by atoms with Crippen molar-refractivity contribution in [3.05, 3.63) is 100 Å². The minimum atomic E-state index is -4.76. The van der Waals surface area contributed by atoms with Crippen molar-refractivity contribution in [1.29, 1.82) is 0 Å². The van der Waals surface area contributed by atoms with E-state index in [1.807, 2.05) is 41.1 Å². The van der Waals surface area contributed by atoms with Gasteiger partial charge in [0.15, 0.2) is 5.16 Å². The second-order valence-corrected chi connectivity index (χ2v) is 16.6. The first-order valence-corrected chi connectivity index (χ1v) is 18.6. The summed E-state index contributed by atoms with van der Waals surface area (Å²) in [5.74, 6) is -4.25. The van der Waals surface area contributed by atoms with Gasteiger partial charge in [0.05, 0.1) is 63.2 Å². The van der Waals surface area contributed by atoms with E-state index >= 15 is 8.78 Å². The van der Waals surface area contributed by atoms with Gasteiger partial charge in [-0.1, -0.05) is 43.3 Å². The number of halogens is 4. The van der Waals surface area contributed by atoms with Gasteiger partial charge in [-0.05, 0) is 54.1 Å². The van der Waals surface area contributed by atoms with Crippen LogP contribution >= 0.6 is 23.4 Å². The van der Waals surface area contributed by atoms with Crippen LogP contribution in [-0.4, -0.2) is 96.9 Å². The Morgan fingerprint density at radius 2 is 1.71 bits per heavy atom. The van der Waals surface area contributed by atoms with Crippen molar-refractivity contribution < 1.29 is 45.8 Å². The first kappa shape index (κ1) is 40.2. The van der Waals surface area contributed by atoms with Crippen molar-refractivity contribution in [2.45, 2.75) is 47.5 Å². The highest BCUT2D eigenvalue weighted by atomic mass is 35.5. The maximum Gasteiger partial charge on any atom is 0.324 e. The number of aliphatic hydroxyl groups is 1. The molecule has 0 bridgehead atoms. The Labute approximate surface area is 305 Å². The Bertz CT molecular complexity index is 1960. The summed E-state index contributed by atoms with van der Waals surface area (Å²) >= 11 is 7.24. The first-order valence-electron chi connectivity index (χ1n) is 15.8. The van der Waals surface area contributed by atoms with Gasteiger partial charge in [0.2, 0.25) is 10.0 Å². The van der Waals surface area contributed by atoms with Crippen LogP contribution in [0.15, 0.2) is 70.8 Å². The fourth-order valence-corrected chi connectivity index (χ4v) is 8.33. The highest BCUT2D eigenvalue weighted by Gasteiger charge is 2.37. The highest BCUT2D eigenvalue weighted by Crippen LogP contribution is 2.39. The van der Waals surface area contributed by atoms with Crippen LogP contribution in [0.4, 0.5) is 13.2 Å². The number of benzene rings is 3. The summed E-state index contributed by atoms with van der Waals surface area (Å²) in [5.41, 5.74) is 0.834. The predicted octanol–water partition coefficient (Wildman–Crippen LogP) is 6.10. The SMILES string of the molecule is COc1cc(C(C)(C)c2cnc(SCc3c(F)cc(S(=O)(=O)N(CCC[N+](C)(C)C)C(CO)C(=O)O)cc3F)n2-c2ccc(F)cc2)ccc1Cl. The lowest BCUT2D eigenvalue weighted by atomic mass is 9.81. The van der Waals surface area contributed by atoms with E-state index in [0.29, 0.717) is 54.8 Å². The average Bonchev–Trinajstić information content (AvgIpc) is 3.48. The van der Waals surface area contributed by atoms with E-state index < -0.39 is 62.0 Å². The number of imidazole rings is 1. The zero-order valence-electron chi connectivity index (χ0n) is 29.0. The molecule has 0 aliphatic heterocycles. The molecule has 16 heteroatoms. The van der Waals surface area contributed by atoms with Crippen LogP contribution in [0.25, 0.3) is 5.69 Å². The third-order valence-electron chi connectivity index (χ3n) is 8.41. The number of hydrogen-bond donors (Lipinski definition) is 2. The third kappa shape index (κ3) is 9.07. The maximum absolute atomic E-state index is 15.6. The fourth-order valence-electron chi connectivity index (χ4n) is 5.49. The monoisotopic (exact) mass is 769 g/mol. The normalized spacial score (nSPS) is 13.1. The number of sulfonamides is 1. The number of ether oxygens (including phenoxy) is 1. The van der Waals surface area contributed by atoms with E-state index in [-0.39, 0.29) is 18.7 Å². The Hall–Kier alpha value is -3.60. The molecule has 0 radical (unpaired) electrons. The molecule has 1 heterocycles.